The summed E-state index contributed by atoms with van der Waals surface area (Å²) >= 11 is 0. The molecular formula is C29H25F2N3O2S. The van der Waals surface area contributed by atoms with E-state index in [2.05, 4.69) is 16.5 Å². The molecule has 2 heterocycles. The number of halogens is 2. The summed E-state index contributed by atoms with van der Waals surface area (Å²) in [5.41, 5.74) is 3.74. The van der Waals surface area contributed by atoms with Crippen molar-refractivity contribution in [3.8, 4) is 5.69 Å². The van der Waals surface area contributed by atoms with E-state index in [1.807, 2.05) is 0 Å². The van der Waals surface area contributed by atoms with E-state index in [9.17, 15) is 17.2 Å². The first-order valence-corrected chi connectivity index (χ1v) is 13.7. The van der Waals surface area contributed by atoms with Crippen LogP contribution in [-0.4, -0.2) is 31.3 Å². The Balaban J connectivity index is 1.54. The summed E-state index contributed by atoms with van der Waals surface area (Å²) in [6.45, 7) is 1.48. The number of rotatable bonds is 5. The van der Waals surface area contributed by atoms with E-state index < -0.39 is 9.84 Å². The van der Waals surface area contributed by atoms with Gasteiger partial charge in [-0.2, -0.15) is 5.10 Å². The summed E-state index contributed by atoms with van der Waals surface area (Å²) in [6, 6.07) is 20.7. The Morgan fingerprint density at radius 3 is 2.30 bits per heavy atom. The van der Waals surface area contributed by atoms with Crippen molar-refractivity contribution in [1.29, 1.82) is 0 Å². The normalized spacial score (nSPS) is 19.1. The highest BCUT2D eigenvalue weighted by Crippen LogP contribution is 2.46. The summed E-state index contributed by atoms with van der Waals surface area (Å²) in [4.78, 5) is 0.172. The second-order valence-electron chi connectivity index (χ2n) is 9.73. The van der Waals surface area contributed by atoms with Gasteiger partial charge in [0.2, 0.25) is 9.84 Å². The fraction of sp³-hybridized carbons (Fsp3) is 0.207. The molecule has 4 aromatic rings. The van der Waals surface area contributed by atoms with Crippen LogP contribution in [0.15, 0.2) is 94.4 Å². The van der Waals surface area contributed by atoms with Crippen LogP contribution in [0.3, 0.4) is 0 Å². The molecule has 1 unspecified atom stereocenters. The van der Waals surface area contributed by atoms with Crippen LogP contribution in [-0.2, 0) is 22.7 Å². The SMILES string of the molecule is O=S(=O)(c1ccccc1)c1nn(-c2ccc(F)cc2)c2c1CC1(Cc3ccc(F)cc3)CNCCC1=C2. The Morgan fingerprint density at radius 2 is 1.59 bits per heavy atom. The highest BCUT2D eigenvalue weighted by molar-refractivity contribution is 7.91. The number of sulfone groups is 1. The molecule has 1 aliphatic carbocycles. The van der Waals surface area contributed by atoms with Crippen LogP contribution in [0, 0.1) is 17.0 Å². The Kier molecular flexibility index (Phi) is 5.81. The standard InChI is InChI=1S/C29H25F2N3O2S/c30-22-8-6-20(7-9-22)17-29-18-26-27(16-21(29)14-15-32-19-29)34(24-12-10-23(31)11-13-24)33-28(26)37(35,36)25-4-2-1-3-5-25/h1-13,16,32H,14-15,17-19H2. The van der Waals surface area contributed by atoms with Gasteiger partial charge in [-0.15, -0.1) is 0 Å². The fourth-order valence-electron chi connectivity index (χ4n) is 5.53. The van der Waals surface area contributed by atoms with Gasteiger partial charge in [0.05, 0.1) is 16.3 Å². The third-order valence-electron chi connectivity index (χ3n) is 7.36. The summed E-state index contributed by atoms with van der Waals surface area (Å²) in [5.74, 6) is -0.668. The summed E-state index contributed by atoms with van der Waals surface area (Å²) in [7, 11) is -3.92. The van der Waals surface area contributed by atoms with Crippen LogP contribution in [0.5, 0.6) is 0 Å². The van der Waals surface area contributed by atoms with Gasteiger partial charge in [0.25, 0.3) is 0 Å². The van der Waals surface area contributed by atoms with Crippen LogP contribution < -0.4 is 5.32 Å². The molecule has 0 bridgehead atoms. The van der Waals surface area contributed by atoms with Crippen molar-refractivity contribution in [3.63, 3.8) is 0 Å². The van der Waals surface area contributed by atoms with Gasteiger partial charge in [-0.25, -0.2) is 21.9 Å². The molecule has 5 nitrogen and oxygen atoms in total. The van der Waals surface area contributed by atoms with Crippen molar-refractivity contribution in [2.24, 2.45) is 5.41 Å². The predicted molar refractivity (Wildman–Crippen MR) is 137 cm³/mol. The molecule has 0 amide bonds. The molecule has 1 N–H and O–H groups in total. The van der Waals surface area contributed by atoms with Gasteiger partial charge in [0, 0.05) is 17.5 Å². The van der Waals surface area contributed by atoms with Crippen LogP contribution in [0.2, 0.25) is 0 Å². The molecule has 2 aliphatic rings. The molecule has 0 saturated carbocycles. The minimum atomic E-state index is -3.92. The highest BCUT2D eigenvalue weighted by Gasteiger charge is 2.43. The third-order valence-corrected chi connectivity index (χ3v) is 9.09. The third kappa shape index (κ3) is 4.20. The lowest BCUT2D eigenvalue weighted by molar-refractivity contribution is 0.285. The van der Waals surface area contributed by atoms with Gasteiger partial charge in [-0.1, -0.05) is 35.9 Å². The Labute approximate surface area is 214 Å². The maximum atomic E-state index is 13.9. The molecular weight excluding hydrogens is 492 g/mol. The highest BCUT2D eigenvalue weighted by atomic mass is 32.2. The maximum absolute atomic E-state index is 13.9. The molecule has 1 atom stereocenters. The minimum Gasteiger partial charge on any atom is -0.316 e. The zero-order valence-corrected chi connectivity index (χ0v) is 20.8. The van der Waals surface area contributed by atoms with Crippen LogP contribution in [0.4, 0.5) is 8.78 Å². The number of nitrogens with zero attached hydrogens (tertiary/aromatic N) is 2. The average Bonchev–Trinajstić information content (AvgIpc) is 3.28. The van der Waals surface area contributed by atoms with E-state index in [1.54, 1.807) is 59.3 Å². The quantitative estimate of drug-likeness (QED) is 0.398. The van der Waals surface area contributed by atoms with E-state index in [4.69, 9.17) is 0 Å². The van der Waals surface area contributed by atoms with E-state index in [0.29, 0.717) is 36.3 Å². The van der Waals surface area contributed by atoms with Gasteiger partial charge in [-0.05, 0) is 86.0 Å². The lowest BCUT2D eigenvalue weighted by Crippen LogP contribution is -2.46. The molecule has 6 rings (SSSR count). The second kappa shape index (κ2) is 9.04. The van der Waals surface area contributed by atoms with Crippen molar-refractivity contribution in [2.75, 3.05) is 13.1 Å². The van der Waals surface area contributed by atoms with E-state index in [1.165, 1.54) is 29.8 Å². The topological polar surface area (TPSA) is 64.0 Å². The summed E-state index contributed by atoms with van der Waals surface area (Å²) in [5, 5.41) is 8.14. The first-order valence-electron chi connectivity index (χ1n) is 12.2. The van der Waals surface area contributed by atoms with Gasteiger partial charge >= 0.3 is 0 Å². The molecule has 1 fully saturated rings. The Bertz CT molecular complexity index is 1600. The second-order valence-corrected chi connectivity index (χ2v) is 11.6. The molecule has 0 spiro atoms. The molecule has 188 valence electrons. The molecule has 37 heavy (non-hydrogen) atoms. The number of piperidine rings is 1. The van der Waals surface area contributed by atoms with Crippen LogP contribution in [0.25, 0.3) is 11.8 Å². The van der Waals surface area contributed by atoms with Crippen LogP contribution in [0.1, 0.15) is 23.2 Å². The summed E-state index contributed by atoms with van der Waals surface area (Å²) < 4.78 is 56.6. The number of benzene rings is 3. The number of aromatic nitrogens is 2. The van der Waals surface area contributed by atoms with Crippen molar-refractivity contribution in [3.05, 3.63) is 113 Å². The predicted octanol–water partition coefficient (Wildman–Crippen LogP) is 5.15. The first kappa shape index (κ1) is 23.8. The molecule has 1 aromatic heterocycles. The molecule has 8 heteroatoms. The van der Waals surface area contributed by atoms with E-state index in [0.717, 1.165) is 18.5 Å². The van der Waals surface area contributed by atoms with Crippen molar-refractivity contribution in [1.82, 2.24) is 15.1 Å². The Hall–Kier alpha value is -3.62. The zero-order chi connectivity index (χ0) is 25.6. The molecule has 0 radical (unpaired) electrons. The zero-order valence-electron chi connectivity index (χ0n) is 20.0. The minimum absolute atomic E-state index is 0.0115. The molecule has 1 saturated heterocycles. The average molecular weight is 518 g/mol. The first-order chi connectivity index (χ1) is 17.9. The van der Waals surface area contributed by atoms with E-state index >= 15 is 0 Å². The van der Waals surface area contributed by atoms with Crippen LogP contribution >= 0.6 is 0 Å². The maximum Gasteiger partial charge on any atom is 0.225 e. The van der Waals surface area contributed by atoms with Crippen molar-refractivity contribution < 1.29 is 17.2 Å². The van der Waals surface area contributed by atoms with Gasteiger partial charge < -0.3 is 5.32 Å². The van der Waals surface area contributed by atoms with Gasteiger partial charge in [0.1, 0.15) is 11.6 Å². The summed E-state index contributed by atoms with van der Waals surface area (Å²) in [6.07, 6.45) is 3.96. The largest absolute Gasteiger partial charge is 0.316 e. The smallest absolute Gasteiger partial charge is 0.225 e. The lowest BCUT2D eigenvalue weighted by Gasteiger charge is -2.43. The monoisotopic (exact) mass is 517 g/mol. The van der Waals surface area contributed by atoms with Gasteiger partial charge in [-0.3, -0.25) is 0 Å². The molecule has 3 aromatic carbocycles. The lowest BCUT2D eigenvalue weighted by atomic mass is 9.66. The Morgan fingerprint density at radius 1 is 0.919 bits per heavy atom. The van der Waals surface area contributed by atoms with E-state index in [-0.39, 0.29) is 27.0 Å². The van der Waals surface area contributed by atoms with Crippen molar-refractivity contribution in [2.45, 2.75) is 29.2 Å². The van der Waals surface area contributed by atoms with Gasteiger partial charge in [0.15, 0.2) is 5.03 Å². The molecule has 1 aliphatic heterocycles. The number of hydrogen-bond acceptors (Lipinski definition) is 4. The number of hydrogen-bond donors (Lipinski definition) is 1. The fourth-order valence-corrected chi connectivity index (χ4v) is 6.96. The van der Waals surface area contributed by atoms with Crippen molar-refractivity contribution >= 4 is 15.9 Å². The number of fused-ring (bicyclic) bond motifs is 2. The number of nitrogens with one attached hydrogen (secondary N) is 1.